The molecule has 1 heterocycles. The van der Waals surface area contributed by atoms with Gasteiger partial charge in [-0.3, -0.25) is 4.79 Å². The second kappa shape index (κ2) is 11.2. The summed E-state index contributed by atoms with van der Waals surface area (Å²) in [4.78, 5) is 12.0. The fourth-order valence-corrected chi connectivity index (χ4v) is 3.22. The molecule has 134 valence electrons. The maximum atomic E-state index is 12.0. The first-order valence-corrected chi connectivity index (χ1v) is 9.35. The van der Waals surface area contributed by atoms with Gasteiger partial charge in [0.1, 0.15) is 0 Å². The van der Waals surface area contributed by atoms with Crippen molar-refractivity contribution in [2.45, 2.75) is 45.6 Å². The lowest BCUT2D eigenvalue weighted by Gasteiger charge is -2.28. The van der Waals surface area contributed by atoms with Crippen molar-refractivity contribution in [3.63, 3.8) is 0 Å². The van der Waals surface area contributed by atoms with Crippen molar-refractivity contribution >= 4 is 5.91 Å². The summed E-state index contributed by atoms with van der Waals surface area (Å²) in [6.45, 7) is 6.56. The van der Waals surface area contributed by atoms with Crippen molar-refractivity contribution in [1.82, 2.24) is 10.6 Å². The van der Waals surface area contributed by atoms with Gasteiger partial charge in [-0.25, -0.2) is 0 Å². The van der Waals surface area contributed by atoms with E-state index in [9.17, 15) is 4.79 Å². The molecule has 2 unspecified atom stereocenters. The maximum Gasteiger partial charge on any atom is 0.220 e. The summed E-state index contributed by atoms with van der Waals surface area (Å²) in [6.07, 6.45) is 5.09. The summed E-state index contributed by atoms with van der Waals surface area (Å²) in [5.74, 6) is 1.31. The number of carbonyl (C=O) groups is 1. The molecule has 1 aliphatic rings. The van der Waals surface area contributed by atoms with Crippen LogP contribution in [0.5, 0.6) is 0 Å². The van der Waals surface area contributed by atoms with Crippen LogP contribution in [0, 0.1) is 11.8 Å². The zero-order chi connectivity index (χ0) is 17.0. The Kier molecular flexibility index (Phi) is 8.85. The van der Waals surface area contributed by atoms with Crippen LogP contribution in [0.15, 0.2) is 30.3 Å². The van der Waals surface area contributed by atoms with Gasteiger partial charge in [-0.05, 0) is 56.2 Å². The van der Waals surface area contributed by atoms with E-state index in [1.807, 2.05) is 18.2 Å². The molecule has 1 amide bonds. The number of benzene rings is 1. The minimum Gasteiger partial charge on any atom is -0.377 e. The topological polar surface area (TPSA) is 50.4 Å². The van der Waals surface area contributed by atoms with Crippen molar-refractivity contribution in [2.24, 2.45) is 11.8 Å². The molecule has 1 aromatic rings. The minimum absolute atomic E-state index is 0.193. The van der Waals surface area contributed by atoms with Gasteiger partial charge in [-0.1, -0.05) is 37.3 Å². The third-order valence-electron chi connectivity index (χ3n) is 4.80. The summed E-state index contributed by atoms with van der Waals surface area (Å²) in [6, 6.07) is 10.2. The van der Waals surface area contributed by atoms with Crippen LogP contribution in [0.4, 0.5) is 0 Å². The summed E-state index contributed by atoms with van der Waals surface area (Å²) in [7, 11) is 0. The van der Waals surface area contributed by atoms with Gasteiger partial charge in [0.2, 0.25) is 5.91 Å². The van der Waals surface area contributed by atoms with Crippen molar-refractivity contribution < 1.29 is 9.53 Å². The van der Waals surface area contributed by atoms with Crippen LogP contribution in [0.3, 0.4) is 0 Å². The highest BCUT2D eigenvalue weighted by Gasteiger charge is 2.21. The summed E-state index contributed by atoms with van der Waals surface area (Å²) in [5, 5.41) is 6.47. The number of ether oxygens (including phenoxy) is 1. The first kappa shape index (κ1) is 18.9. The Labute approximate surface area is 146 Å². The predicted molar refractivity (Wildman–Crippen MR) is 97.7 cm³/mol. The molecular weight excluding hydrogens is 300 g/mol. The Morgan fingerprint density at radius 3 is 2.92 bits per heavy atom. The van der Waals surface area contributed by atoms with E-state index in [1.165, 1.54) is 18.4 Å². The van der Waals surface area contributed by atoms with E-state index in [4.69, 9.17) is 4.74 Å². The normalized spacial score (nSPS) is 19.0. The molecule has 1 saturated heterocycles. The van der Waals surface area contributed by atoms with Crippen molar-refractivity contribution in [3.8, 4) is 0 Å². The van der Waals surface area contributed by atoms with Crippen LogP contribution in [0.1, 0.15) is 44.6 Å². The smallest absolute Gasteiger partial charge is 0.220 e. The van der Waals surface area contributed by atoms with Crippen LogP contribution >= 0.6 is 0 Å². The molecule has 4 nitrogen and oxygen atoms in total. The van der Waals surface area contributed by atoms with Crippen LogP contribution in [0.25, 0.3) is 0 Å². The summed E-state index contributed by atoms with van der Waals surface area (Å²) >= 11 is 0. The van der Waals surface area contributed by atoms with E-state index in [1.54, 1.807) is 0 Å². The lowest BCUT2D eigenvalue weighted by atomic mass is 9.85. The molecule has 0 spiro atoms. The Bertz CT molecular complexity index is 458. The monoisotopic (exact) mass is 332 g/mol. The molecule has 1 aromatic carbocycles. The fourth-order valence-electron chi connectivity index (χ4n) is 3.22. The third kappa shape index (κ3) is 7.45. The molecule has 0 aromatic heterocycles. The molecule has 0 aliphatic carbocycles. The van der Waals surface area contributed by atoms with Gasteiger partial charge in [0, 0.05) is 19.6 Å². The molecule has 2 atom stereocenters. The Balaban J connectivity index is 1.45. The number of carbonyl (C=O) groups excluding carboxylic acids is 1. The summed E-state index contributed by atoms with van der Waals surface area (Å²) in [5.41, 5.74) is 1.21. The molecule has 1 aliphatic heterocycles. The first-order valence-electron chi connectivity index (χ1n) is 9.35. The average molecular weight is 332 g/mol. The largest absolute Gasteiger partial charge is 0.377 e. The number of nitrogens with one attached hydrogen (secondary N) is 2. The van der Waals surface area contributed by atoms with Gasteiger partial charge in [0.25, 0.3) is 0 Å². The molecule has 0 bridgehead atoms. The molecule has 1 fully saturated rings. The second-order valence-corrected chi connectivity index (χ2v) is 6.88. The number of hydrogen-bond acceptors (Lipinski definition) is 3. The minimum atomic E-state index is 0.193. The number of piperidine rings is 1. The first-order chi connectivity index (χ1) is 11.8. The number of unbranched alkanes of at least 4 members (excludes halogenated alkanes) is 1. The number of amides is 1. The molecule has 24 heavy (non-hydrogen) atoms. The van der Waals surface area contributed by atoms with Crippen molar-refractivity contribution in [3.05, 3.63) is 35.9 Å². The van der Waals surface area contributed by atoms with Crippen molar-refractivity contribution in [2.75, 3.05) is 26.2 Å². The SMILES string of the molecule is CC(CC(=O)NCCCCOCc1ccccc1)C1CCCNC1. The second-order valence-electron chi connectivity index (χ2n) is 6.88. The van der Waals surface area contributed by atoms with Crippen molar-refractivity contribution in [1.29, 1.82) is 0 Å². The molecular formula is C20H32N2O2. The highest BCUT2D eigenvalue weighted by molar-refractivity contribution is 5.76. The fraction of sp³-hybridized carbons (Fsp3) is 0.650. The molecule has 0 radical (unpaired) electrons. The Morgan fingerprint density at radius 2 is 2.17 bits per heavy atom. The molecule has 2 rings (SSSR count). The molecule has 0 saturated carbocycles. The number of rotatable bonds is 10. The maximum absolute atomic E-state index is 12.0. The Hall–Kier alpha value is -1.39. The third-order valence-corrected chi connectivity index (χ3v) is 4.80. The predicted octanol–water partition coefficient (Wildman–Crippen LogP) is 3.13. The zero-order valence-corrected chi connectivity index (χ0v) is 14.9. The lowest BCUT2D eigenvalue weighted by Crippen LogP contribution is -2.35. The average Bonchev–Trinajstić information content (AvgIpc) is 2.62. The highest BCUT2D eigenvalue weighted by Crippen LogP contribution is 2.22. The van der Waals surface area contributed by atoms with E-state index < -0.39 is 0 Å². The highest BCUT2D eigenvalue weighted by atomic mass is 16.5. The van der Waals surface area contributed by atoms with Gasteiger partial charge in [0.05, 0.1) is 6.61 Å². The quantitative estimate of drug-likeness (QED) is 0.647. The standard InChI is InChI=1S/C20H32N2O2/c1-17(19-10-7-11-21-15-19)14-20(23)22-12-5-6-13-24-16-18-8-3-2-4-9-18/h2-4,8-9,17,19,21H,5-7,10-16H2,1H3,(H,22,23). The van der Waals surface area contributed by atoms with Crippen LogP contribution < -0.4 is 10.6 Å². The van der Waals surface area contributed by atoms with E-state index in [-0.39, 0.29) is 5.91 Å². The van der Waals surface area contributed by atoms with Gasteiger partial charge in [0.15, 0.2) is 0 Å². The lowest BCUT2D eigenvalue weighted by molar-refractivity contribution is -0.122. The summed E-state index contributed by atoms with van der Waals surface area (Å²) < 4.78 is 5.65. The van der Waals surface area contributed by atoms with E-state index in [0.29, 0.717) is 24.9 Å². The van der Waals surface area contributed by atoms with Crippen LogP contribution in [-0.4, -0.2) is 32.1 Å². The van der Waals surface area contributed by atoms with Gasteiger partial charge < -0.3 is 15.4 Å². The number of hydrogen-bond donors (Lipinski definition) is 2. The molecule has 4 heteroatoms. The molecule has 2 N–H and O–H groups in total. The van der Waals surface area contributed by atoms with Gasteiger partial charge in [-0.15, -0.1) is 0 Å². The zero-order valence-electron chi connectivity index (χ0n) is 14.9. The van der Waals surface area contributed by atoms with Gasteiger partial charge in [-0.2, -0.15) is 0 Å². The van der Waals surface area contributed by atoms with E-state index in [2.05, 4.69) is 29.7 Å². The van der Waals surface area contributed by atoms with Crippen LogP contribution in [-0.2, 0) is 16.1 Å². The van der Waals surface area contributed by atoms with E-state index >= 15 is 0 Å². The van der Waals surface area contributed by atoms with E-state index in [0.717, 1.165) is 39.1 Å². The van der Waals surface area contributed by atoms with Crippen LogP contribution in [0.2, 0.25) is 0 Å². The van der Waals surface area contributed by atoms with Gasteiger partial charge >= 0.3 is 0 Å². The Morgan fingerprint density at radius 1 is 1.33 bits per heavy atom.